The fraction of sp³-hybridized carbons (Fsp3) is 0.278. The number of hydrogen-bond acceptors (Lipinski definition) is 4. The first-order valence-corrected chi connectivity index (χ1v) is 10.0. The molecular formula is C18H17ClN2O4S. The van der Waals surface area contributed by atoms with Gasteiger partial charge in [-0.3, -0.25) is 4.57 Å². The highest BCUT2D eigenvalue weighted by atomic mass is 35.5. The van der Waals surface area contributed by atoms with Crippen molar-refractivity contribution in [1.82, 2.24) is 8.87 Å². The van der Waals surface area contributed by atoms with Crippen LogP contribution in [0.15, 0.2) is 56.6 Å². The lowest BCUT2D eigenvalue weighted by Crippen LogP contribution is -2.29. The number of oxazole rings is 1. The van der Waals surface area contributed by atoms with Gasteiger partial charge in [-0.05, 0) is 24.0 Å². The van der Waals surface area contributed by atoms with Gasteiger partial charge in [0.15, 0.2) is 5.58 Å². The molecule has 0 spiro atoms. The average molecular weight is 393 g/mol. The third kappa shape index (κ3) is 2.76. The summed E-state index contributed by atoms with van der Waals surface area (Å²) in [5.74, 6) is -0.404. The quantitative estimate of drug-likeness (QED) is 0.687. The van der Waals surface area contributed by atoms with Crippen LogP contribution in [0.3, 0.4) is 0 Å². The predicted octanol–water partition coefficient (Wildman–Crippen LogP) is 2.96. The number of halogens is 1. The highest BCUT2D eigenvalue weighted by Crippen LogP contribution is 2.34. The maximum atomic E-state index is 13.1. The average Bonchev–Trinajstić information content (AvgIpc) is 3.22. The second-order valence-electron chi connectivity index (χ2n) is 6.44. The SMILES string of the molecule is Cn1c(=O)oc2cc(S(=O)(=O)N3CCC(c4ccccc4)C3)c(Cl)cc21. The van der Waals surface area contributed by atoms with Gasteiger partial charge in [0, 0.05) is 26.2 Å². The van der Waals surface area contributed by atoms with Gasteiger partial charge < -0.3 is 4.42 Å². The van der Waals surface area contributed by atoms with Gasteiger partial charge in [-0.1, -0.05) is 41.9 Å². The number of aromatic nitrogens is 1. The second-order valence-corrected chi connectivity index (χ2v) is 8.75. The molecule has 0 radical (unpaired) electrons. The Bertz CT molecular complexity index is 1140. The zero-order valence-electron chi connectivity index (χ0n) is 14.1. The van der Waals surface area contributed by atoms with E-state index in [9.17, 15) is 13.2 Å². The van der Waals surface area contributed by atoms with Crippen LogP contribution in [0.4, 0.5) is 0 Å². The molecule has 0 amide bonds. The number of hydrogen-bond donors (Lipinski definition) is 0. The van der Waals surface area contributed by atoms with Crippen LogP contribution in [-0.4, -0.2) is 30.4 Å². The van der Waals surface area contributed by atoms with E-state index in [1.807, 2.05) is 30.3 Å². The molecule has 4 rings (SSSR count). The van der Waals surface area contributed by atoms with Crippen molar-refractivity contribution in [2.75, 3.05) is 13.1 Å². The first kappa shape index (κ1) is 17.3. The molecule has 6 nitrogen and oxygen atoms in total. The molecule has 1 fully saturated rings. The molecule has 0 saturated carbocycles. The van der Waals surface area contributed by atoms with Crippen molar-refractivity contribution in [2.45, 2.75) is 17.2 Å². The molecule has 1 saturated heterocycles. The van der Waals surface area contributed by atoms with Crippen LogP contribution in [0.25, 0.3) is 11.1 Å². The molecule has 1 aromatic heterocycles. The maximum Gasteiger partial charge on any atom is 0.419 e. The van der Waals surface area contributed by atoms with Gasteiger partial charge in [0.1, 0.15) is 4.90 Å². The Balaban J connectivity index is 1.70. The minimum absolute atomic E-state index is 0.0327. The van der Waals surface area contributed by atoms with Gasteiger partial charge in [0.25, 0.3) is 0 Å². The normalized spacial score (nSPS) is 18.6. The van der Waals surface area contributed by atoms with E-state index in [2.05, 4.69) is 0 Å². The summed E-state index contributed by atoms with van der Waals surface area (Å²) in [7, 11) is -2.23. The lowest BCUT2D eigenvalue weighted by Gasteiger charge is -2.17. The molecule has 8 heteroatoms. The van der Waals surface area contributed by atoms with Crippen LogP contribution in [0.5, 0.6) is 0 Å². The Kier molecular flexibility index (Phi) is 4.17. The fourth-order valence-corrected chi connectivity index (χ4v) is 5.42. The number of aryl methyl sites for hydroxylation is 1. The zero-order valence-corrected chi connectivity index (χ0v) is 15.6. The first-order chi connectivity index (χ1) is 12.4. The van der Waals surface area contributed by atoms with E-state index >= 15 is 0 Å². The summed E-state index contributed by atoms with van der Waals surface area (Å²) in [6.45, 7) is 0.828. The van der Waals surface area contributed by atoms with Crippen molar-refractivity contribution in [1.29, 1.82) is 0 Å². The summed E-state index contributed by atoms with van der Waals surface area (Å²) in [5.41, 5.74) is 1.79. The molecule has 1 atom stereocenters. The highest BCUT2D eigenvalue weighted by molar-refractivity contribution is 7.89. The Morgan fingerprint density at radius 1 is 1.19 bits per heavy atom. The predicted molar refractivity (Wildman–Crippen MR) is 99.0 cm³/mol. The molecule has 136 valence electrons. The molecule has 0 bridgehead atoms. The fourth-order valence-electron chi connectivity index (χ4n) is 3.41. The summed E-state index contributed by atoms with van der Waals surface area (Å²) in [6.07, 6.45) is 0.753. The van der Waals surface area contributed by atoms with E-state index in [-0.39, 0.29) is 21.4 Å². The Labute approximate surface area is 155 Å². The Morgan fingerprint density at radius 2 is 1.92 bits per heavy atom. The van der Waals surface area contributed by atoms with Crippen LogP contribution in [-0.2, 0) is 17.1 Å². The summed E-state index contributed by atoms with van der Waals surface area (Å²) < 4.78 is 34.0. The van der Waals surface area contributed by atoms with Crippen LogP contribution in [0.2, 0.25) is 5.02 Å². The topological polar surface area (TPSA) is 72.5 Å². The number of rotatable bonds is 3. The van der Waals surface area contributed by atoms with E-state index in [0.717, 1.165) is 12.0 Å². The summed E-state index contributed by atoms with van der Waals surface area (Å²) >= 11 is 6.24. The molecule has 26 heavy (non-hydrogen) atoms. The first-order valence-electron chi connectivity index (χ1n) is 8.22. The standard InChI is InChI=1S/C18H17ClN2O4S/c1-20-15-9-14(19)17(10-16(15)25-18(20)22)26(23,24)21-8-7-13(11-21)12-5-3-2-4-6-12/h2-6,9-10,13H,7-8,11H2,1H3. The van der Waals surface area contributed by atoms with Gasteiger partial charge in [-0.15, -0.1) is 0 Å². The molecule has 1 aliphatic heterocycles. The third-order valence-corrected chi connectivity index (χ3v) is 7.22. The van der Waals surface area contributed by atoms with Crippen molar-refractivity contribution >= 4 is 32.7 Å². The van der Waals surface area contributed by atoms with Crippen LogP contribution < -0.4 is 5.76 Å². The third-order valence-electron chi connectivity index (χ3n) is 4.89. The lowest BCUT2D eigenvalue weighted by molar-refractivity contribution is 0.472. The van der Waals surface area contributed by atoms with Gasteiger partial charge in [-0.2, -0.15) is 4.31 Å². The number of benzene rings is 2. The molecule has 1 unspecified atom stereocenters. The summed E-state index contributed by atoms with van der Waals surface area (Å²) in [4.78, 5) is 11.6. The van der Waals surface area contributed by atoms with E-state index in [4.69, 9.17) is 16.0 Å². The summed E-state index contributed by atoms with van der Waals surface area (Å²) in [5, 5.41) is 0.0806. The molecule has 0 aliphatic carbocycles. The molecular weight excluding hydrogens is 376 g/mol. The Hall–Kier alpha value is -2.09. The lowest BCUT2D eigenvalue weighted by atomic mass is 9.99. The van der Waals surface area contributed by atoms with Crippen LogP contribution in [0.1, 0.15) is 17.9 Å². The highest BCUT2D eigenvalue weighted by Gasteiger charge is 2.34. The molecule has 2 aromatic carbocycles. The number of fused-ring (bicyclic) bond motifs is 1. The zero-order chi connectivity index (χ0) is 18.5. The minimum atomic E-state index is -3.78. The van der Waals surface area contributed by atoms with Crippen LogP contribution >= 0.6 is 11.6 Å². The van der Waals surface area contributed by atoms with Gasteiger partial charge >= 0.3 is 5.76 Å². The second kappa shape index (κ2) is 6.26. The largest absolute Gasteiger partial charge is 0.419 e. The molecule has 3 aromatic rings. The number of nitrogens with zero attached hydrogens (tertiary/aromatic N) is 2. The van der Waals surface area contributed by atoms with E-state index in [1.165, 1.54) is 21.0 Å². The van der Waals surface area contributed by atoms with Crippen molar-refractivity contribution in [3.63, 3.8) is 0 Å². The molecule has 1 aliphatic rings. The van der Waals surface area contributed by atoms with E-state index in [1.54, 1.807) is 7.05 Å². The van der Waals surface area contributed by atoms with Gasteiger partial charge in [0.05, 0.1) is 10.5 Å². The number of sulfonamides is 1. The monoisotopic (exact) mass is 392 g/mol. The Morgan fingerprint density at radius 3 is 2.65 bits per heavy atom. The van der Waals surface area contributed by atoms with Crippen molar-refractivity contribution in [2.24, 2.45) is 7.05 Å². The molecule has 2 heterocycles. The van der Waals surface area contributed by atoms with Crippen LogP contribution in [0, 0.1) is 0 Å². The van der Waals surface area contributed by atoms with E-state index < -0.39 is 15.8 Å². The summed E-state index contributed by atoms with van der Waals surface area (Å²) in [6, 6.07) is 12.7. The van der Waals surface area contributed by atoms with Crippen molar-refractivity contribution in [3.05, 3.63) is 63.6 Å². The van der Waals surface area contributed by atoms with Crippen molar-refractivity contribution in [3.8, 4) is 0 Å². The van der Waals surface area contributed by atoms with Crippen molar-refractivity contribution < 1.29 is 12.8 Å². The molecule has 0 N–H and O–H groups in total. The maximum absolute atomic E-state index is 13.1. The van der Waals surface area contributed by atoms with E-state index in [0.29, 0.717) is 18.6 Å². The smallest absolute Gasteiger partial charge is 0.408 e. The van der Waals surface area contributed by atoms with Gasteiger partial charge in [0.2, 0.25) is 10.0 Å². The van der Waals surface area contributed by atoms with Gasteiger partial charge in [-0.25, -0.2) is 13.2 Å². The minimum Gasteiger partial charge on any atom is -0.408 e.